The highest BCUT2D eigenvalue weighted by Gasteiger charge is 2.14. The van der Waals surface area contributed by atoms with Crippen LogP contribution in [0.15, 0.2) is 0 Å². The second-order valence-corrected chi connectivity index (χ2v) is 4.48. The molecule has 6 nitrogen and oxygen atoms in total. The summed E-state index contributed by atoms with van der Waals surface area (Å²) in [5.41, 5.74) is 0. The van der Waals surface area contributed by atoms with Crippen molar-refractivity contribution < 1.29 is 14.7 Å². The third-order valence-corrected chi connectivity index (χ3v) is 2.79. The van der Waals surface area contributed by atoms with E-state index >= 15 is 0 Å². The zero-order valence-electron chi connectivity index (χ0n) is 11.7. The minimum atomic E-state index is -0.911. The first-order chi connectivity index (χ1) is 8.40. The molecule has 0 aliphatic rings. The predicted octanol–water partition coefficient (Wildman–Crippen LogP) is 0.737. The van der Waals surface area contributed by atoms with Gasteiger partial charge < -0.3 is 20.6 Å². The molecule has 2 atom stereocenters. The van der Waals surface area contributed by atoms with Crippen LogP contribution in [0.3, 0.4) is 0 Å². The van der Waals surface area contributed by atoms with Gasteiger partial charge in [-0.3, -0.25) is 4.79 Å². The van der Waals surface area contributed by atoms with Crippen LogP contribution < -0.4 is 10.6 Å². The van der Waals surface area contributed by atoms with E-state index in [-0.39, 0.29) is 18.6 Å². The predicted molar refractivity (Wildman–Crippen MR) is 70.6 cm³/mol. The van der Waals surface area contributed by atoms with E-state index in [2.05, 4.69) is 29.4 Å². The SMILES string of the molecule is CCN(CC)CC(C)NC(=O)NCC(C)C(=O)O. The molecule has 18 heavy (non-hydrogen) atoms. The number of nitrogens with one attached hydrogen (secondary N) is 2. The molecule has 6 heteroatoms. The van der Waals surface area contributed by atoms with E-state index < -0.39 is 11.9 Å². The fourth-order valence-corrected chi connectivity index (χ4v) is 1.52. The Morgan fingerprint density at radius 2 is 1.78 bits per heavy atom. The second-order valence-electron chi connectivity index (χ2n) is 4.48. The number of hydrogen-bond acceptors (Lipinski definition) is 3. The fraction of sp³-hybridized carbons (Fsp3) is 0.833. The van der Waals surface area contributed by atoms with E-state index in [1.807, 2.05) is 6.92 Å². The average molecular weight is 259 g/mol. The third kappa shape index (κ3) is 7.11. The number of amides is 2. The maximum Gasteiger partial charge on any atom is 0.315 e. The van der Waals surface area contributed by atoms with Gasteiger partial charge in [-0.25, -0.2) is 4.79 Å². The Hall–Kier alpha value is -1.30. The van der Waals surface area contributed by atoms with Crippen LogP contribution in [0.1, 0.15) is 27.7 Å². The van der Waals surface area contributed by atoms with Crippen LogP contribution in [0.5, 0.6) is 0 Å². The molecule has 0 aromatic heterocycles. The highest BCUT2D eigenvalue weighted by atomic mass is 16.4. The maximum absolute atomic E-state index is 11.5. The van der Waals surface area contributed by atoms with Gasteiger partial charge in [0.05, 0.1) is 5.92 Å². The average Bonchev–Trinajstić information content (AvgIpc) is 2.32. The summed E-state index contributed by atoms with van der Waals surface area (Å²) in [6.07, 6.45) is 0. The lowest BCUT2D eigenvalue weighted by molar-refractivity contribution is -0.140. The number of likely N-dealkylation sites (N-methyl/N-ethyl adjacent to an activating group) is 1. The molecule has 0 saturated carbocycles. The molecular formula is C12H25N3O3. The van der Waals surface area contributed by atoms with Gasteiger partial charge in [-0.1, -0.05) is 20.8 Å². The van der Waals surface area contributed by atoms with Crippen LogP contribution in [-0.2, 0) is 4.79 Å². The summed E-state index contributed by atoms with van der Waals surface area (Å²) in [6.45, 7) is 10.4. The van der Waals surface area contributed by atoms with Crippen LogP contribution >= 0.6 is 0 Å². The second kappa shape index (κ2) is 8.74. The van der Waals surface area contributed by atoms with Crippen molar-refractivity contribution in [2.75, 3.05) is 26.2 Å². The Labute approximate surface area is 109 Å². The fourth-order valence-electron chi connectivity index (χ4n) is 1.52. The van der Waals surface area contributed by atoms with Crippen LogP contribution in [0.2, 0.25) is 0 Å². The minimum Gasteiger partial charge on any atom is -0.481 e. The molecule has 2 amide bonds. The first-order valence-corrected chi connectivity index (χ1v) is 6.40. The first kappa shape index (κ1) is 16.7. The molecule has 2 unspecified atom stereocenters. The lowest BCUT2D eigenvalue weighted by Gasteiger charge is -2.23. The van der Waals surface area contributed by atoms with Gasteiger partial charge in [-0.05, 0) is 20.0 Å². The topological polar surface area (TPSA) is 81.7 Å². The normalized spacial score (nSPS) is 14.1. The van der Waals surface area contributed by atoms with Gasteiger partial charge in [0.15, 0.2) is 0 Å². The zero-order chi connectivity index (χ0) is 14.1. The van der Waals surface area contributed by atoms with Crippen molar-refractivity contribution in [2.45, 2.75) is 33.7 Å². The van der Waals surface area contributed by atoms with Crippen LogP contribution in [0, 0.1) is 5.92 Å². The Balaban J connectivity index is 3.90. The third-order valence-electron chi connectivity index (χ3n) is 2.79. The quantitative estimate of drug-likeness (QED) is 0.600. The highest BCUT2D eigenvalue weighted by Crippen LogP contribution is 1.93. The van der Waals surface area contributed by atoms with Gasteiger partial charge in [-0.15, -0.1) is 0 Å². The van der Waals surface area contributed by atoms with Crippen molar-refractivity contribution in [3.05, 3.63) is 0 Å². The Bertz CT molecular complexity index is 267. The smallest absolute Gasteiger partial charge is 0.315 e. The number of nitrogens with zero attached hydrogens (tertiary/aromatic N) is 1. The molecule has 0 spiro atoms. The Morgan fingerprint density at radius 1 is 1.22 bits per heavy atom. The number of aliphatic carboxylic acids is 1. The molecule has 0 heterocycles. The number of hydrogen-bond donors (Lipinski definition) is 3. The molecule has 0 aliphatic carbocycles. The van der Waals surface area contributed by atoms with Crippen LogP contribution in [0.25, 0.3) is 0 Å². The Morgan fingerprint density at radius 3 is 2.22 bits per heavy atom. The molecule has 0 bridgehead atoms. The van der Waals surface area contributed by atoms with E-state index in [4.69, 9.17) is 5.11 Å². The van der Waals surface area contributed by atoms with E-state index in [0.29, 0.717) is 0 Å². The monoisotopic (exact) mass is 259 g/mol. The Kier molecular flexibility index (Phi) is 8.11. The van der Waals surface area contributed by atoms with Crippen molar-refractivity contribution in [3.63, 3.8) is 0 Å². The summed E-state index contributed by atoms with van der Waals surface area (Å²) in [7, 11) is 0. The molecule has 3 N–H and O–H groups in total. The molecule has 0 fully saturated rings. The van der Waals surface area contributed by atoms with Crippen molar-refractivity contribution in [2.24, 2.45) is 5.92 Å². The van der Waals surface area contributed by atoms with E-state index in [9.17, 15) is 9.59 Å². The van der Waals surface area contributed by atoms with Gasteiger partial charge >= 0.3 is 12.0 Å². The van der Waals surface area contributed by atoms with Gasteiger partial charge in [0.1, 0.15) is 0 Å². The van der Waals surface area contributed by atoms with Crippen LogP contribution in [-0.4, -0.2) is 54.2 Å². The molecule has 0 aromatic rings. The summed E-state index contributed by atoms with van der Waals surface area (Å²) in [4.78, 5) is 24.3. The number of carbonyl (C=O) groups excluding carboxylic acids is 1. The van der Waals surface area contributed by atoms with Gasteiger partial charge in [0, 0.05) is 19.1 Å². The van der Waals surface area contributed by atoms with Crippen molar-refractivity contribution in [1.29, 1.82) is 0 Å². The van der Waals surface area contributed by atoms with E-state index in [1.54, 1.807) is 6.92 Å². The number of carboxylic acids is 1. The van der Waals surface area contributed by atoms with Crippen molar-refractivity contribution in [3.8, 4) is 0 Å². The summed E-state index contributed by atoms with van der Waals surface area (Å²) in [5.74, 6) is -1.49. The highest BCUT2D eigenvalue weighted by molar-refractivity contribution is 5.75. The number of urea groups is 1. The first-order valence-electron chi connectivity index (χ1n) is 6.40. The van der Waals surface area contributed by atoms with E-state index in [0.717, 1.165) is 19.6 Å². The summed E-state index contributed by atoms with van der Waals surface area (Å²) < 4.78 is 0. The standard InChI is InChI=1S/C12H25N3O3/c1-5-15(6-2)8-10(4)14-12(18)13-7-9(3)11(16)17/h9-10H,5-8H2,1-4H3,(H,16,17)(H2,13,14,18). The summed E-state index contributed by atoms with van der Waals surface area (Å²) >= 11 is 0. The van der Waals surface area contributed by atoms with Gasteiger partial charge in [0.25, 0.3) is 0 Å². The molecule has 0 aliphatic heterocycles. The largest absolute Gasteiger partial charge is 0.481 e. The zero-order valence-corrected chi connectivity index (χ0v) is 11.7. The lowest BCUT2D eigenvalue weighted by Crippen LogP contribution is -2.47. The lowest BCUT2D eigenvalue weighted by atomic mass is 10.2. The van der Waals surface area contributed by atoms with Gasteiger partial charge in [0.2, 0.25) is 0 Å². The molecule has 0 rings (SSSR count). The maximum atomic E-state index is 11.5. The molecule has 0 aromatic carbocycles. The van der Waals surface area contributed by atoms with Crippen molar-refractivity contribution in [1.82, 2.24) is 15.5 Å². The number of rotatable bonds is 8. The minimum absolute atomic E-state index is 0.0324. The van der Waals surface area contributed by atoms with Crippen LogP contribution in [0.4, 0.5) is 4.79 Å². The van der Waals surface area contributed by atoms with Gasteiger partial charge in [-0.2, -0.15) is 0 Å². The summed E-state index contributed by atoms with van der Waals surface area (Å²) in [5, 5.41) is 14.0. The number of carbonyl (C=O) groups is 2. The van der Waals surface area contributed by atoms with E-state index in [1.165, 1.54) is 0 Å². The van der Waals surface area contributed by atoms with Crippen molar-refractivity contribution >= 4 is 12.0 Å². The molecule has 106 valence electrons. The molecule has 0 radical (unpaired) electrons. The molecule has 0 saturated heterocycles. The molecular weight excluding hydrogens is 234 g/mol. The summed E-state index contributed by atoms with van der Waals surface area (Å²) in [6, 6.07) is -0.284. The number of carboxylic acid groups (broad SMARTS) is 1.